The molecule has 0 radical (unpaired) electrons. The van der Waals surface area contributed by atoms with Crippen LogP contribution in [0, 0.1) is 0 Å². The molecule has 3 nitrogen and oxygen atoms in total. The maximum absolute atomic E-state index is 14.1. The number of rotatable bonds is 7. The van der Waals surface area contributed by atoms with Crippen molar-refractivity contribution in [3.8, 4) is 0 Å². The highest BCUT2D eigenvalue weighted by molar-refractivity contribution is 5.85. The van der Waals surface area contributed by atoms with Gasteiger partial charge in [0.2, 0.25) is 0 Å². The first-order chi connectivity index (χ1) is 15.7. The van der Waals surface area contributed by atoms with Gasteiger partial charge in [-0.2, -0.15) is 74.6 Å². The van der Waals surface area contributed by atoms with Crippen LogP contribution in [0.5, 0.6) is 0 Å². The Morgan fingerprint density at radius 2 is 0.972 bits per heavy atom. The quantitative estimate of drug-likeness (QED) is 0.387. The van der Waals surface area contributed by atoms with E-state index < -0.39 is 72.7 Å². The molecule has 0 aliphatic carbocycles. The highest BCUT2D eigenvalue weighted by Gasteiger charge is 2.95. The molecule has 2 aliphatic heterocycles. The van der Waals surface area contributed by atoms with E-state index in [9.17, 15) is 79.4 Å². The number of halogens is 17. The Labute approximate surface area is 189 Å². The standard InChI is InChI=1S/C16H13F17N2O/c17-9(18,8(36)35-5-4-34-3-1-2-7(34)6-35)10(19,20)11(21,22)12(23,24)13(25,26)14(27,28)15(29,30)16(31,32)33/h7H,1-6H2/t7-/m1/s1. The minimum Gasteiger partial charge on any atom is -0.334 e. The molecule has 20 heteroatoms. The number of hydrogen-bond donors (Lipinski definition) is 0. The van der Waals surface area contributed by atoms with E-state index in [4.69, 9.17) is 0 Å². The highest BCUT2D eigenvalue weighted by Crippen LogP contribution is 2.64. The summed E-state index contributed by atoms with van der Waals surface area (Å²) in [6, 6.07) is -0.762. The summed E-state index contributed by atoms with van der Waals surface area (Å²) >= 11 is 0. The lowest BCUT2D eigenvalue weighted by Crippen LogP contribution is -2.75. The SMILES string of the molecule is O=C(N1CCN2CCC[C@@H]2C1)C(F)(F)C(F)(F)C(F)(F)C(F)(F)C(F)(F)C(F)(F)C(F)(F)C(F)(F)F. The Morgan fingerprint density at radius 3 is 1.42 bits per heavy atom. The van der Waals surface area contributed by atoms with Crippen LogP contribution in [0.2, 0.25) is 0 Å². The molecule has 0 aromatic rings. The van der Waals surface area contributed by atoms with E-state index in [2.05, 4.69) is 0 Å². The summed E-state index contributed by atoms with van der Waals surface area (Å²) in [6.45, 7) is -1.63. The van der Waals surface area contributed by atoms with Crippen molar-refractivity contribution in [1.82, 2.24) is 9.80 Å². The van der Waals surface area contributed by atoms with Gasteiger partial charge in [-0.15, -0.1) is 0 Å². The third kappa shape index (κ3) is 3.86. The fourth-order valence-electron chi connectivity index (χ4n) is 3.67. The average Bonchev–Trinajstić information content (AvgIpc) is 3.19. The van der Waals surface area contributed by atoms with E-state index in [0.717, 1.165) is 0 Å². The van der Waals surface area contributed by atoms with Crippen molar-refractivity contribution in [2.45, 2.75) is 66.5 Å². The molecule has 212 valence electrons. The van der Waals surface area contributed by atoms with E-state index in [1.165, 1.54) is 0 Å². The van der Waals surface area contributed by atoms with Crippen molar-refractivity contribution in [3.05, 3.63) is 0 Å². The molecule has 0 aromatic heterocycles. The minimum absolute atomic E-state index is 0.189. The zero-order chi connectivity index (χ0) is 28.6. The van der Waals surface area contributed by atoms with Crippen molar-refractivity contribution in [2.75, 3.05) is 26.2 Å². The van der Waals surface area contributed by atoms with Gasteiger partial charge in [-0.1, -0.05) is 0 Å². The molecule has 2 saturated heterocycles. The van der Waals surface area contributed by atoms with Crippen LogP contribution in [0.3, 0.4) is 0 Å². The first-order valence-electron chi connectivity index (χ1n) is 9.48. The van der Waals surface area contributed by atoms with Gasteiger partial charge in [-0.3, -0.25) is 9.69 Å². The number of carbonyl (C=O) groups excluding carboxylic acids is 1. The number of carbonyl (C=O) groups is 1. The van der Waals surface area contributed by atoms with Gasteiger partial charge < -0.3 is 4.90 Å². The van der Waals surface area contributed by atoms with E-state index >= 15 is 0 Å². The van der Waals surface area contributed by atoms with Gasteiger partial charge in [0.25, 0.3) is 5.91 Å². The largest absolute Gasteiger partial charge is 0.460 e. The predicted octanol–water partition coefficient (Wildman–Crippen LogP) is 5.30. The Hall–Kier alpha value is -1.76. The summed E-state index contributed by atoms with van der Waals surface area (Å²) in [5.41, 5.74) is 0. The molecule has 2 aliphatic rings. The Morgan fingerprint density at radius 1 is 0.556 bits per heavy atom. The molecule has 36 heavy (non-hydrogen) atoms. The predicted molar refractivity (Wildman–Crippen MR) is 81.9 cm³/mol. The number of hydrogen-bond acceptors (Lipinski definition) is 2. The van der Waals surface area contributed by atoms with Crippen LogP contribution in [0.15, 0.2) is 0 Å². The maximum Gasteiger partial charge on any atom is 0.460 e. The van der Waals surface area contributed by atoms with Gasteiger partial charge in [-0.25, -0.2) is 0 Å². The van der Waals surface area contributed by atoms with Crippen LogP contribution in [0.4, 0.5) is 74.6 Å². The lowest BCUT2D eigenvalue weighted by molar-refractivity contribution is -0.459. The summed E-state index contributed by atoms with van der Waals surface area (Å²) in [4.78, 5) is 13.2. The van der Waals surface area contributed by atoms with Crippen molar-refractivity contribution >= 4 is 5.91 Å². The lowest BCUT2D eigenvalue weighted by Gasteiger charge is -2.44. The number of fused-ring (bicyclic) bond motifs is 1. The zero-order valence-electron chi connectivity index (χ0n) is 17.0. The lowest BCUT2D eigenvalue weighted by atomic mass is 9.88. The highest BCUT2D eigenvalue weighted by atomic mass is 19.4. The van der Waals surface area contributed by atoms with E-state index in [0.29, 0.717) is 13.0 Å². The second-order valence-electron chi connectivity index (χ2n) is 8.10. The third-order valence-electron chi connectivity index (χ3n) is 5.87. The van der Waals surface area contributed by atoms with E-state index in [1.54, 1.807) is 4.90 Å². The molecule has 0 aromatic carbocycles. The van der Waals surface area contributed by atoms with Gasteiger partial charge in [0.15, 0.2) is 0 Å². The van der Waals surface area contributed by atoms with Crippen molar-refractivity contribution in [1.29, 1.82) is 0 Å². The number of nitrogens with zero attached hydrogens (tertiary/aromatic N) is 2. The van der Waals surface area contributed by atoms with Crippen LogP contribution >= 0.6 is 0 Å². The molecule has 2 rings (SSSR count). The van der Waals surface area contributed by atoms with Crippen LogP contribution < -0.4 is 0 Å². The van der Waals surface area contributed by atoms with Crippen LogP contribution in [0.25, 0.3) is 0 Å². The topological polar surface area (TPSA) is 23.6 Å². The first-order valence-corrected chi connectivity index (χ1v) is 9.48. The van der Waals surface area contributed by atoms with E-state index in [1.807, 2.05) is 0 Å². The fourth-order valence-corrected chi connectivity index (χ4v) is 3.67. The van der Waals surface area contributed by atoms with Gasteiger partial charge in [0.1, 0.15) is 0 Å². The molecular formula is C16H13F17N2O. The molecule has 0 bridgehead atoms. The molecular weight excluding hydrogens is 559 g/mol. The molecule has 0 unspecified atom stereocenters. The summed E-state index contributed by atoms with van der Waals surface area (Å²) in [6.07, 6.45) is -7.19. The Balaban J connectivity index is 2.48. The van der Waals surface area contributed by atoms with Gasteiger partial charge in [0, 0.05) is 25.7 Å². The monoisotopic (exact) mass is 572 g/mol. The fraction of sp³-hybridized carbons (Fsp3) is 0.938. The van der Waals surface area contributed by atoms with Crippen molar-refractivity contribution in [2.24, 2.45) is 0 Å². The smallest absolute Gasteiger partial charge is 0.334 e. The van der Waals surface area contributed by atoms with Crippen LogP contribution in [-0.4, -0.2) is 95.6 Å². The van der Waals surface area contributed by atoms with Crippen molar-refractivity contribution < 1.29 is 79.4 Å². The Bertz CT molecular complexity index is 852. The van der Waals surface area contributed by atoms with Crippen molar-refractivity contribution in [3.63, 3.8) is 0 Å². The van der Waals surface area contributed by atoms with Gasteiger partial charge >= 0.3 is 47.6 Å². The minimum atomic E-state index is -8.71. The molecule has 1 atom stereocenters. The van der Waals surface area contributed by atoms with Gasteiger partial charge in [0.05, 0.1) is 0 Å². The zero-order valence-corrected chi connectivity index (χ0v) is 17.0. The molecule has 0 saturated carbocycles. The second-order valence-corrected chi connectivity index (χ2v) is 8.10. The maximum atomic E-state index is 14.1. The summed E-state index contributed by atoms with van der Waals surface area (Å²) in [5.74, 6) is -61.0. The molecule has 0 N–H and O–H groups in total. The number of amides is 1. The molecule has 2 heterocycles. The molecule has 0 spiro atoms. The van der Waals surface area contributed by atoms with Crippen LogP contribution in [0.1, 0.15) is 12.8 Å². The van der Waals surface area contributed by atoms with Gasteiger partial charge in [-0.05, 0) is 19.4 Å². The summed E-state index contributed by atoms with van der Waals surface area (Å²) in [7, 11) is 0. The summed E-state index contributed by atoms with van der Waals surface area (Å²) in [5, 5.41) is 0. The Kier molecular flexibility index (Phi) is 7.08. The molecule has 2 fully saturated rings. The first kappa shape index (κ1) is 30.5. The van der Waals surface area contributed by atoms with Crippen LogP contribution in [-0.2, 0) is 4.79 Å². The number of alkyl halides is 17. The average molecular weight is 572 g/mol. The molecule has 1 amide bonds. The normalized spacial score (nSPS) is 22.1. The van der Waals surface area contributed by atoms with E-state index in [-0.39, 0.29) is 17.9 Å². The summed E-state index contributed by atoms with van der Waals surface area (Å²) < 4.78 is 226. The third-order valence-corrected chi connectivity index (χ3v) is 5.87. The number of piperazine rings is 1. The second kappa shape index (κ2) is 8.37.